The lowest BCUT2D eigenvalue weighted by Crippen LogP contribution is -2.77. The van der Waals surface area contributed by atoms with Gasteiger partial charge in [0.25, 0.3) is 0 Å². The van der Waals surface area contributed by atoms with Crippen molar-refractivity contribution >= 4 is 5.97 Å². The Kier molecular flexibility index (Phi) is 4.44. The zero-order valence-electron chi connectivity index (χ0n) is 20.1. The summed E-state index contributed by atoms with van der Waals surface area (Å²) < 4.78 is 37.1. The third-order valence-electron chi connectivity index (χ3n) is 9.19. The molecule has 8 heteroatoms. The van der Waals surface area contributed by atoms with E-state index in [1.54, 1.807) is 26.4 Å². The number of benzene rings is 2. The molecule has 3 fully saturated rings. The summed E-state index contributed by atoms with van der Waals surface area (Å²) in [4.78, 5) is 15.6. The van der Waals surface area contributed by atoms with Crippen LogP contribution in [0.1, 0.15) is 46.9 Å². The number of nitrogens with zero attached hydrogens (tertiary/aromatic N) is 1. The van der Waals surface area contributed by atoms with Crippen molar-refractivity contribution in [3.05, 3.63) is 59.2 Å². The van der Waals surface area contributed by atoms with Crippen molar-refractivity contribution in [1.29, 1.82) is 0 Å². The third kappa shape index (κ3) is 2.43. The summed E-state index contributed by atoms with van der Waals surface area (Å²) in [6, 6.07) is 13.3. The van der Waals surface area contributed by atoms with E-state index in [1.165, 1.54) is 5.56 Å². The van der Waals surface area contributed by atoms with Crippen LogP contribution in [-0.4, -0.2) is 69.0 Å². The highest BCUT2D eigenvalue weighted by Gasteiger charge is 2.82. The number of hydrogen-bond acceptors (Lipinski definition) is 8. The lowest BCUT2D eigenvalue weighted by Gasteiger charge is -2.61. The SMILES string of the molecule is CO[C@H]1[C@@H](OC(=O)c2ccccc2)C[C@]23CCN(C)[C@@]24C[C@H](O[C@@]14OC)c1cc2c(cc13)OCO2. The van der Waals surface area contributed by atoms with Crippen LogP contribution in [0.3, 0.4) is 0 Å². The Morgan fingerprint density at radius 1 is 1.09 bits per heavy atom. The highest BCUT2D eigenvalue weighted by Crippen LogP contribution is 2.72. The average Bonchev–Trinajstić information content (AvgIpc) is 3.56. The van der Waals surface area contributed by atoms with E-state index in [0.717, 1.165) is 36.4 Å². The first kappa shape index (κ1) is 21.6. The molecule has 0 N–H and O–H groups in total. The molecule has 6 atom stereocenters. The fraction of sp³-hybridized carbons (Fsp3) is 0.519. The van der Waals surface area contributed by atoms with Gasteiger partial charge >= 0.3 is 5.97 Å². The molecule has 0 unspecified atom stereocenters. The van der Waals surface area contributed by atoms with E-state index < -0.39 is 23.5 Å². The summed E-state index contributed by atoms with van der Waals surface area (Å²) in [7, 11) is 5.46. The molecule has 2 aliphatic carbocycles. The van der Waals surface area contributed by atoms with Crippen LogP contribution in [0.15, 0.2) is 42.5 Å². The van der Waals surface area contributed by atoms with Crippen molar-refractivity contribution in [2.45, 2.75) is 54.3 Å². The number of carbonyl (C=O) groups is 1. The van der Waals surface area contributed by atoms with Gasteiger partial charge in [-0.2, -0.15) is 0 Å². The second-order valence-corrected chi connectivity index (χ2v) is 10.3. The molecule has 2 saturated heterocycles. The monoisotopic (exact) mass is 479 g/mol. The lowest BCUT2D eigenvalue weighted by molar-refractivity contribution is -0.338. The minimum atomic E-state index is -1.12. The Bertz CT molecular complexity index is 1200. The van der Waals surface area contributed by atoms with Gasteiger partial charge in [0.1, 0.15) is 12.2 Å². The van der Waals surface area contributed by atoms with Gasteiger partial charge in [0.2, 0.25) is 12.6 Å². The molecule has 1 saturated carbocycles. The molecule has 2 bridgehead atoms. The van der Waals surface area contributed by atoms with Crippen molar-refractivity contribution in [3.8, 4) is 11.5 Å². The topological polar surface area (TPSA) is 75.7 Å². The normalized spacial score (nSPS) is 38.2. The van der Waals surface area contributed by atoms with Gasteiger partial charge in [-0.3, -0.25) is 4.90 Å². The van der Waals surface area contributed by atoms with Crippen molar-refractivity contribution in [2.24, 2.45) is 0 Å². The van der Waals surface area contributed by atoms with Crippen LogP contribution in [-0.2, 0) is 24.4 Å². The molecule has 0 aromatic heterocycles. The molecule has 2 aromatic carbocycles. The van der Waals surface area contributed by atoms with Gasteiger partial charge in [0.05, 0.1) is 17.2 Å². The minimum Gasteiger partial charge on any atom is -0.456 e. The van der Waals surface area contributed by atoms with Crippen LogP contribution in [0.2, 0.25) is 0 Å². The van der Waals surface area contributed by atoms with Gasteiger partial charge in [0.15, 0.2) is 11.5 Å². The Morgan fingerprint density at radius 3 is 2.60 bits per heavy atom. The molecule has 0 amide bonds. The largest absolute Gasteiger partial charge is 0.456 e. The second kappa shape index (κ2) is 7.20. The van der Waals surface area contributed by atoms with Crippen LogP contribution in [0.4, 0.5) is 0 Å². The fourth-order valence-electron chi connectivity index (χ4n) is 7.90. The molecule has 3 heterocycles. The molecule has 0 radical (unpaired) electrons. The Hall–Kier alpha value is -2.65. The Morgan fingerprint density at radius 2 is 1.86 bits per heavy atom. The van der Waals surface area contributed by atoms with Gasteiger partial charge in [-0.05, 0) is 61.8 Å². The third-order valence-corrected chi connectivity index (χ3v) is 9.19. The number of esters is 1. The molecule has 3 aliphatic heterocycles. The van der Waals surface area contributed by atoms with E-state index in [-0.39, 0.29) is 24.3 Å². The maximum atomic E-state index is 13.2. The first-order valence-electron chi connectivity index (χ1n) is 12.2. The van der Waals surface area contributed by atoms with E-state index in [1.807, 2.05) is 18.2 Å². The van der Waals surface area contributed by atoms with Crippen molar-refractivity contribution in [1.82, 2.24) is 4.90 Å². The smallest absolute Gasteiger partial charge is 0.338 e. The van der Waals surface area contributed by atoms with Crippen LogP contribution in [0, 0.1) is 0 Å². The van der Waals surface area contributed by atoms with Crippen LogP contribution in [0.25, 0.3) is 0 Å². The summed E-state index contributed by atoms with van der Waals surface area (Å²) in [6.45, 7) is 1.08. The molecule has 35 heavy (non-hydrogen) atoms. The number of ether oxygens (including phenoxy) is 6. The Labute approximate surface area is 204 Å². The number of fused-ring (bicyclic) bond motifs is 4. The highest BCUT2D eigenvalue weighted by molar-refractivity contribution is 5.89. The second-order valence-electron chi connectivity index (χ2n) is 10.3. The number of likely N-dealkylation sites (N-methyl/N-ethyl adjacent to an activating group) is 1. The van der Waals surface area contributed by atoms with Crippen LogP contribution in [0.5, 0.6) is 11.5 Å². The molecule has 2 aromatic rings. The summed E-state index contributed by atoms with van der Waals surface area (Å²) in [6.07, 6.45) is 0.878. The number of carbonyl (C=O) groups excluding carboxylic acids is 1. The molecule has 184 valence electrons. The van der Waals surface area contributed by atoms with Gasteiger partial charge < -0.3 is 28.4 Å². The minimum absolute atomic E-state index is 0.200. The molecule has 1 spiro atoms. The maximum absolute atomic E-state index is 13.2. The molecule has 5 aliphatic rings. The molecule has 7 rings (SSSR count). The number of rotatable bonds is 4. The van der Waals surface area contributed by atoms with Gasteiger partial charge in [-0.1, -0.05) is 18.2 Å². The zero-order valence-corrected chi connectivity index (χ0v) is 20.1. The van der Waals surface area contributed by atoms with Gasteiger partial charge in [-0.25, -0.2) is 4.79 Å². The van der Waals surface area contributed by atoms with Crippen LogP contribution >= 0.6 is 0 Å². The summed E-state index contributed by atoms with van der Waals surface area (Å²) in [5.41, 5.74) is 1.93. The number of hydrogen-bond donors (Lipinski definition) is 0. The maximum Gasteiger partial charge on any atom is 0.338 e. The van der Waals surface area contributed by atoms with Crippen molar-refractivity contribution < 1.29 is 33.2 Å². The van der Waals surface area contributed by atoms with Gasteiger partial charge in [-0.15, -0.1) is 0 Å². The lowest BCUT2D eigenvalue weighted by atomic mass is 9.50. The van der Waals surface area contributed by atoms with E-state index in [9.17, 15) is 4.79 Å². The summed E-state index contributed by atoms with van der Waals surface area (Å²) >= 11 is 0. The van der Waals surface area contributed by atoms with Crippen molar-refractivity contribution in [3.63, 3.8) is 0 Å². The fourth-order valence-corrected chi connectivity index (χ4v) is 7.90. The van der Waals surface area contributed by atoms with Crippen molar-refractivity contribution in [2.75, 3.05) is 34.6 Å². The zero-order chi connectivity index (χ0) is 24.0. The van der Waals surface area contributed by atoms with Crippen LogP contribution < -0.4 is 9.47 Å². The number of methoxy groups -OCH3 is 2. The van der Waals surface area contributed by atoms with Gasteiger partial charge in [0, 0.05) is 26.1 Å². The molecular weight excluding hydrogens is 450 g/mol. The summed E-state index contributed by atoms with van der Waals surface area (Å²) in [5, 5.41) is 0. The van der Waals surface area contributed by atoms with E-state index >= 15 is 0 Å². The summed E-state index contributed by atoms with van der Waals surface area (Å²) in [5.74, 6) is -0.00904. The standard InChI is InChI=1S/C27H29NO7/c1-28-10-9-25-13-22(34-24(29)16-7-5-4-6-8-16)23(30-2)27(31-3)26(25,28)14-21(35-27)17-11-19-20(12-18(17)25)33-15-32-19/h4-8,11-12,21-23H,9-10,13-15H2,1-3H3/t21-,22-,23-,25-,26-,27-/m0/s1. The average molecular weight is 480 g/mol. The van der Waals surface area contributed by atoms with E-state index in [0.29, 0.717) is 12.0 Å². The molecule has 8 nitrogen and oxygen atoms in total. The molecular formula is C27H29NO7. The Balaban J connectivity index is 1.41. The first-order valence-corrected chi connectivity index (χ1v) is 12.2. The van der Waals surface area contributed by atoms with E-state index in [2.05, 4.69) is 24.1 Å². The van der Waals surface area contributed by atoms with E-state index in [4.69, 9.17) is 28.4 Å². The predicted molar refractivity (Wildman–Crippen MR) is 123 cm³/mol. The number of likely N-dealkylation sites (tertiary alicyclic amines) is 1. The highest BCUT2D eigenvalue weighted by atomic mass is 16.7. The first-order chi connectivity index (χ1) is 17.0. The quantitative estimate of drug-likeness (QED) is 0.619. The predicted octanol–water partition coefficient (Wildman–Crippen LogP) is 3.19.